The highest BCUT2D eigenvalue weighted by Gasteiger charge is 1.98. The Hall–Kier alpha value is -0.630. The van der Waals surface area contributed by atoms with Crippen molar-refractivity contribution in [3.05, 3.63) is 64.5 Å². The summed E-state index contributed by atoms with van der Waals surface area (Å²) in [5.74, 6) is 0. The van der Waals surface area contributed by atoms with Gasteiger partial charge in [0.25, 0.3) is 0 Å². The molecule has 3 heteroatoms. The van der Waals surface area contributed by atoms with Gasteiger partial charge >= 0.3 is 0 Å². The summed E-state index contributed by atoms with van der Waals surface area (Å²) in [6.45, 7) is 7.31. The lowest BCUT2D eigenvalue weighted by molar-refractivity contribution is 1.47. The number of benzene rings is 1. The molecule has 0 N–H and O–H groups in total. The molecule has 0 aromatic heterocycles. The second-order valence-corrected chi connectivity index (χ2v) is 4.83. The minimum atomic E-state index is 0.486. The van der Waals surface area contributed by atoms with Crippen LogP contribution in [0.4, 0.5) is 0 Å². The van der Waals surface area contributed by atoms with Gasteiger partial charge in [-0.15, -0.1) is 0 Å². The average molecular weight is 257 g/mol. The molecule has 0 amide bonds. The van der Waals surface area contributed by atoms with Crippen molar-refractivity contribution in [1.29, 1.82) is 0 Å². The molecule has 0 aliphatic heterocycles. The quantitative estimate of drug-likeness (QED) is 0.524. The van der Waals surface area contributed by atoms with Crippen LogP contribution in [-0.2, 0) is 0 Å². The maximum atomic E-state index is 5.87. The van der Waals surface area contributed by atoms with E-state index >= 15 is 0 Å². The van der Waals surface area contributed by atoms with Crippen LogP contribution in [-0.4, -0.2) is 0 Å². The molecule has 0 bridgehead atoms. The molecule has 1 rings (SSSR count). The Balaban J connectivity index is 2.84. The molecule has 1 aromatic rings. The van der Waals surface area contributed by atoms with Crippen LogP contribution in [0.2, 0.25) is 5.02 Å². The molecule has 0 atom stereocenters. The lowest BCUT2D eigenvalue weighted by atomic mass is 10.4. The Morgan fingerprint density at radius 3 is 2.67 bits per heavy atom. The zero-order valence-electron chi connectivity index (χ0n) is 8.04. The van der Waals surface area contributed by atoms with E-state index in [1.54, 1.807) is 23.9 Å². The predicted octanol–water partition coefficient (Wildman–Crippen LogP) is 5.25. The molecule has 0 aliphatic carbocycles. The van der Waals surface area contributed by atoms with Gasteiger partial charge in [0.2, 0.25) is 0 Å². The minimum Gasteiger partial charge on any atom is -0.0979 e. The first-order valence-electron chi connectivity index (χ1n) is 4.24. The average Bonchev–Trinajstić information content (AvgIpc) is 2.16. The molecule has 78 valence electrons. The van der Waals surface area contributed by atoms with E-state index in [2.05, 4.69) is 13.2 Å². The van der Waals surface area contributed by atoms with Gasteiger partial charge in [0.1, 0.15) is 0 Å². The fraction of sp³-hybridized carbons (Fsp3) is 0. The van der Waals surface area contributed by atoms with Gasteiger partial charge in [-0.1, -0.05) is 60.3 Å². The number of hydrogen-bond acceptors (Lipinski definition) is 1. The highest BCUT2D eigenvalue weighted by atomic mass is 35.5. The maximum absolute atomic E-state index is 5.87. The molecule has 0 aliphatic rings. The highest BCUT2D eigenvalue weighted by molar-refractivity contribution is 8.03. The van der Waals surface area contributed by atoms with Gasteiger partial charge in [-0.25, -0.2) is 0 Å². The summed E-state index contributed by atoms with van der Waals surface area (Å²) in [4.78, 5) is 1.99. The van der Waals surface area contributed by atoms with Gasteiger partial charge in [-0.3, -0.25) is 0 Å². The molecular weight excluding hydrogens is 247 g/mol. The summed E-state index contributed by atoms with van der Waals surface area (Å²) in [6.07, 6.45) is 3.50. The number of rotatable bonds is 4. The number of hydrogen-bond donors (Lipinski definition) is 0. The second kappa shape index (κ2) is 6.06. The van der Waals surface area contributed by atoms with E-state index in [1.807, 2.05) is 24.3 Å². The SMILES string of the molecule is C=C/C(=C\C(=C)Cl)Sc1cccc(Cl)c1. The van der Waals surface area contributed by atoms with Crippen molar-refractivity contribution in [2.75, 3.05) is 0 Å². The first kappa shape index (κ1) is 12.4. The molecule has 0 saturated heterocycles. The molecule has 0 saturated carbocycles. The summed E-state index contributed by atoms with van der Waals surface area (Å²) in [6, 6.07) is 7.61. The largest absolute Gasteiger partial charge is 0.0979 e. The minimum absolute atomic E-state index is 0.486. The normalized spacial score (nSPS) is 11.2. The predicted molar refractivity (Wildman–Crippen MR) is 70.6 cm³/mol. The van der Waals surface area contributed by atoms with Crippen LogP contribution in [0.15, 0.2) is 64.4 Å². The van der Waals surface area contributed by atoms with E-state index < -0.39 is 0 Å². The topological polar surface area (TPSA) is 0 Å². The zero-order chi connectivity index (χ0) is 11.3. The molecule has 0 radical (unpaired) electrons. The second-order valence-electron chi connectivity index (χ2n) is 2.76. The van der Waals surface area contributed by atoms with E-state index in [0.29, 0.717) is 10.1 Å². The van der Waals surface area contributed by atoms with E-state index in [1.165, 1.54) is 0 Å². The summed E-state index contributed by atoms with van der Waals surface area (Å²) in [5.41, 5.74) is 0. The van der Waals surface area contributed by atoms with Gasteiger partial charge in [0, 0.05) is 19.9 Å². The van der Waals surface area contributed by atoms with Gasteiger partial charge in [0.05, 0.1) is 0 Å². The van der Waals surface area contributed by atoms with Crippen LogP contribution < -0.4 is 0 Å². The Morgan fingerprint density at radius 2 is 2.13 bits per heavy atom. The summed E-state index contributed by atoms with van der Waals surface area (Å²) < 4.78 is 0. The van der Waals surface area contributed by atoms with E-state index in [4.69, 9.17) is 23.2 Å². The number of allylic oxidation sites excluding steroid dienone is 3. The van der Waals surface area contributed by atoms with Crippen molar-refractivity contribution in [2.45, 2.75) is 4.90 Å². The standard InChI is InChI=1S/C12H10Cl2S/c1-3-11(7-9(2)13)15-12-6-4-5-10(14)8-12/h3-8H,1-2H2/b11-7+. The van der Waals surface area contributed by atoms with Crippen molar-refractivity contribution in [1.82, 2.24) is 0 Å². The molecule has 0 unspecified atom stereocenters. The van der Waals surface area contributed by atoms with Crippen molar-refractivity contribution < 1.29 is 0 Å². The van der Waals surface area contributed by atoms with Gasteiger partial charge in [-0.2, -0.15) is 0 Å². The highest BCUT2D eigenvalue weighted by Crippen LogP contribution is 2.29. The van der Waals surface area contributed by atoms with Gasteiger partial charge < -0.3 is 0 Å². The van der Waals surface area contributed by atoms with Crippen LogP contribution in [0.1, 0.15) is 0 Å². The lowest BCUT2D eigenvalue weighted by Crippen LogP contribution is -1.74. The van der Waals surface area contributed by atoms with Crippen LogP contribution >= 0.6 is 35.0 Å². The summed E-state index contributed by atoms with van der Waals surface area (Å²) in [5, 5.41) is 1.20. The van der Waals surface area contributed by atoms with E-state index in [-0.39, 0.29) is 0 Å². The van der Waals surface area contributed by atoms with Gasteiger partial charge in [-0.05, 0) is 24.3 Å². The maximum Gasteiger partial charge on any atom is 0.0417 e. The van der Waals surface area contributed by atoms with Crippen molar-refractivity contribution in [2.24, 2.45) is 0 Å². The third-order valence-corrected chi connectivity index (χ3v) is 2.89. The molecular formula is C12H10Cl2S. The van der Waals surface area contributed by atoms with E-state index in [0.717, 1.165) is 9.80 Å². The molecule has 15 heavy (non-hydrogen) atoms. The summed E-state index contributed by atoms with van der Waals surface area (Å²) >= 11 is 13.1. The molecule has 0 heterocycles. The van der Waals surface area contributed by atoms with Gasteiger partial charge in [0.15, 0.2) is 0 Å². The lowest BCUT2D eigenvalue weighted by Gasteiger charge is -2.02. The number of thioether (sulfide) groups is 1. The Labute approximate surface area is 104 Å². The molecule has 0 fully saturated rings. The van der Waals surface area contributed by atoms with E-state index in [9.17, 15) is 0 Å². The molecule has 0 spiro atoms. The molecule has 0 nitrogen and oxygen atoms in total. The third kappa shape index (κ3) is 4.61. The first-order valence-corrected chi connectivity index (χ1v) is 5.81. The van der Waals surface area contributed by atoms with Crippen LogP contribution in [0, 0.1) is 0 Å². The van der Waals surface area contributed by atoms with Crippen LogP contribution in [0.25, 0.3) is 0 Å². The smallest absolute Gasteiger partial charge is 0.0417 e. The molecule has 1 aromatic carbocycles. The first-order chi connectivity index (χ1) is 7.11. The van der Waals surface area contributed by atoms with Crippen LogP contribution in [0.3, 0.4) is 0 Å². The Kier molecular flexibility index (Phi) is 5.03. The Bertz CT molecular complexity index is 408. The zero-order valence-corrected chi connectivity index (χ0v) is 10.4. The number of halogens is 2. The third-order valence-electron chi connectivity index (χ3n) is 1.53. The monoisotopic (exact) mass is 256 g/mol. The Morgan fingerprint density at radius 1 is 1.40 bits per heavy atom. The fourth-order valence-corrected chi connectivity index (χ4v) is 2.28. The van der Waals surface area contributed by atoms with Crippen LogP contribution in [0.5, 0.6) is 0 Å². The summed E-state index contributed by atoms with van der Waals surface area (Å²) in [7, 11) is 0. The fourth-order valence-electron chi connectivity index (χ4n) is 0.951. The van der Waals surface area contributed by atoms with Crippen molar-refractivity contribution in [3.63, 3.8) is 0 Å². The van der Waals surface area contributed by atoms with Crippen molar-refractivity contribution >= 4 is 35.0 Å². The van der Waals surface area contributed by atoms with Crippen molar-refractivity contribution in [3.8, 4) is 0 Å².